The molecule has 94 valence electrons. The second-order valence-corrected chi connectivity index (χ2v) is 6.71. The average molecular weight is 256 g/mol. The predicted molar refractivity (Wildman–Crippen MR) is 69.4 cm³/mol. The molecule has 1 aromatic rings. The van der Waals surface area contributed by atoms with E-state index in [1.807, 2.05) is 27.7 Å². The highest BCUT2D eigenvalue weighted by molar-refractivity contribution is 7.94. The van der Waals surface area contributed by atoms with E-state index in [4.69, 9.17) is 0 Å². The van der Waals surface area contributed by atoms with Gasteiger partial charge in [-0.25, -0.2) is 4.72 Å². The number of hydrogen-bond donors (Lipinski definition) is 1. The minimum absolute atomic E-state index is 0.0102. The summed E-state index contributed by atoms with van der Waals surface area (Å²) in [6.45, 7) is 7.32. The molecule has 0 saturated heterocycles. The third-order valence-electron chi connectivity index (χ3n) is 2.19. The van der Waals surface area contributed by atoms with Crippen molar-refractivity contribution in [2.24, 2.45) is 0 Å². The smallest absolute Gasteiger partial charge is 0.271 e. The summed E-state index contributed by atoms with van der Waals surface area (Å²) < 4.78 is 14.3. The molecule has 1 unspecified atom stereocenters. The first-order valence-corrected chi connectivity index (χ1v) is 6.30. The van der Waals surface area contributed by atoms with Crippen molar-refractivity contribution in [3.05, 3.63) is 33.9 Å². The molecule has 0 aliphatic heterocycles. The van der Waals surface area contributed by atoms with Crippen LogP contribution in [-0.4, -0.2) is 14.2 Å². The highest BCUT2D eigenvalue weighted by Gasteiger charge is 2.27. The van der Waals surface area contributed by atoms with Gasteiger partial charge in [0.2, 0.25) is 0 Å². The topological polar surface area (TPSA) is 78.2 Å². The van der Waals surface area contributed by atoms with E-state index in [9.17, 15) is 14.7 Å². The molecule has 0 amide bonds. The number of nitrogens with one attached hydrogen (secondary N) is 1. The summed E-state index contributed by atoms with van der Waals surface area (Å²) in [5.74, 6) is 0. The first kappa shape index (κ1) is 13.8. The molecule has 17 heavy (non-hydrogen) atoms. The molecule has 0 bridgehead atoms. The van der Waals surface area contributed by atoms with Gasteiger partial charge in [0.1, 0.15) is 4.75 Å². The van der Waals surface area contributed by atoms with Crippen molar-refractivity contribution in [1.29, 1.82) is 0 Å². The quantitative estimate of drug-likeness (QED) is 0.512. The van der Waals surface area contributed by atoms with Crippen molar-refractivity contribution in [2.45, 2.75) is 32.4 Å². The number of hydrogen-bond acceptors (Lipinski definition) is 4. The van der Waals surface area contributed by atoms with E-state index in [2.05, 4.69) is 4.72 Å². The Bertz CT molecular complexity index is 429. The molecule has 1 N–H and O–H groups in total. The molecule has 0 aliphatic rings. The molecule has 0 fully saturated rings. The molecular formula is C11H16N2O3S. The van der Waals surface area contributed by atoms with Crippen molar-refractivity contribution in [1.82, 2.24) is 0 Å². The number of rotatable bonds is 3. The third-order valence-corrected chi connectivity index (χ3v) is 3.71. The largest absolute Gasteiger partial charge is 0.593 e. The minimum atomic E-state index is -1.29. The van der Waals surface area contributed by atoms with Crippen molar-refractivity contribution in [3.8, 4) is 0 Å². The molecule has 1 atom stereocenters. The van der Waals surface area contributed by atoms with Crippen LogP contribution in [-0.2, 0) is 11.4 Å². The number of anilines is 1. The summed E-state index contributed by atoms with van der Waals surface area (Å²) in [7, 11) is 0. The van der Waals surface area contributed by atoms with Gasteiger partial charge in [-0.2, -0.15) is 0 Å². The van der Waals surface area contributed by atoms with Gasteiger partial charge in [-0.05, 0) is 33.3 Å². The summed E-state index contributed by atoms with van der Waals surface area (Å²) in [4.78, 5) is 10.2. The number of nitrogens with zero attached hydrogens (tertiary/aromatic N) is 1. The van der Waals surface area contributed by atoms with E-state index in [0.717, 1.165) is 5.56 Å². The van der Waals surface area contributed by atoms with E-state index in [-0.39, 0.29) is 5.69 Å². The summed E-state index contributed by atoms with van der Waals surface area (Å²) >= 11 is -1.29. The fraction of sp³-hybridized carbons (Fsp3) is 0.455. The van der Waals surface area contributed by atoms with Gasteiger partial charge < -0.3 is 4.55 Å². The van der Waals surface area contributed by atoms with Crippen LogP contribution in [0.4, 0.5) is 11.4 Å². The van der Waals surface area contributed by atoms with Crippen LogP contribution in [0.25, 0.3) is 0 Å². The van der Waals surface area contributed by atoms with Crippen LogP contribution in [0.1, 0.15) is 26.3 Å². The van der Waals surface area contributed by atoms with E-state index < -0.39 is 21.0 Å². The molecule has 6 heteroatoms. The number of nitro benzene ring substituents is 1. The molecule has 0 radical (unpaired) electrons. The van der Waals surface area contributed by atoms with Gasteiger partial charge in [0.05, 0.1) is 22.0 Å². The highest BCUT2D eigenvalue weighted by atomic mass is 32.2. The van der Waals surface area contributed by atoms with Gasteiger partial charge in [0, 0.05) is 12.1 Å². The zero-order valence-electron chi connectivity index (χ0n) is 10.3. The van der Waals surface area contributed by atoms with Crippen LogP contribution in [0.15, 0.2) is 18.2 Å². The Hall–Kier alpha value is -1.27. The second-order valence-electron chi connectivity index (χ2n) is 4.74. The van der Waals surface area contributed by atoms with Gasteiger partial charge in [0.25, 0.3) is 5.69 Å². The van der Waals surface area contributed by atoms with Crippen LogP contribution in [0.5, 0.6) is 0 Å². The lowest BCUT2D eigenvalue weighted by atomic mass is 10.2. The molecule has 0 spiro atoms. The predicted octanol–water partition coefficient (Wildman–Crippen LogP) is 2.78. The summed E-state index contributed by atoms with van der Waals surface area (Å²) in [5.41, 5.74) is 1.35. The molecule has 0 saturated carbocycles. The summed E-state index contributed by atoms with van der Waals surface area (Å²) in [5, 5.41) is 10.6. The van der Waals surface area contributed by atoms with Crippen LogP contribution in [0, 0.1) is 17.0 Å². The van der Waals surface area contributed by atoms with Gasteiger partial charge in [-0.1, -0.05) is 6.07 Å². The van der Waals surface area contributed by atoms with Crippen molar-refractivity contribution in [2.75, 3.05) is 4.72 Å². The van der Waals surface area contributed by atoms with Crippen LogP contribution in [0.2, 0.25) is 0 Å². The Kier molecular flexibility index (Phi) is 4.00. The van der Waals surface area contributed by atoms with E-state index >= 15 is 0 Å². The lowest BCUT2D eigenvalue weighted by Crippen LogP contribution is -2.33. The van der Waals surface area contributed by atoms with Gasteiger partial charge >= 0.3 is 0 Å². The first-order valence-electron chi connectivity index (χ1n) is 5.15. The molecule has 0 aromatic heterocycles. The van der Waals surface area contributed by atoms with E-state index in [0.29, 0.717) is 5.69 Å². The maximum atomic E-state index is 11.9. The van der Waals surface area contributed by atoms with Crippen molar-refractivity contribution >= 4 is 22.7 Å². The first-order chi connectivity index (χ1) is 7.71. The van der Waals surface area contributed by atoms with Crippen molar-refractivity contribution < 1.29 is 9.48 Å². The molecule has 1 rings (SSSR count). The molecular weight excluding hydrogens is 240 g/mol. The number of aryl methyl sites for hydroxylation is 1. The minimum Gasteiger partial charge on any atom is -0.593 e. The lowest BCUT2D eigenvalue weighted by Gasteiger charge is -2.24. The Labute approximate surface area is 104 Å². The molecule has 5 nitrogen and oxygen atoms in total. The Balaban J connectivity index is 2.98. The van der Waals surface area contributed by atoms with Crippen molar-refractivity contribution in [3.63, 3.8) is 0 Å². The van der Waals surface area contributed by atoms with Crippen LogP contribution < -0.4 is 4.72 Å². The maximum absolute atomic E-state index is 11.9. The maximum Gasteiger partial charge on any atom is 0.271 e. The lowest BCUT2D eigenvalue weighted by molar-refractivity contribution is -0.384. The van der Waals surface area contributed by atoms with Gasteiger partial charge in [-0.3, -0.25) is 10.1 Å². The standard InChI is InChI=1S/C11H16N2O3S/c1-8-5-6-9(13(14)15)7-10(8)12-17(16)11(2,3)4/h5-7,12H,1-4H3. The fourth-order valence-corrected chi connectivity index (χ4v) is 1.81. The van der Waals surface area contributed by atoms with Crippen LogP contribution in [0.3, 0.4) is 0 Å². The summed E-state index contributed by atoms with van der Waals surface area (Å²) in [6, 6.07) is 4.47. The monoisotopic (exact) mass is 256 g/mol. The second kappa shape index (κ2) is 4.93. The Morgan fingerprint density at radius 3 is 2.41 bits per heavy atom. The number of benzene rings is 1. The van der Waals surface area contributed by atoms with Gasteiger partial charge in [0.15, 0.2) is 0 Å². The summed E-state index contributed by atoms with van der Waals surface area (Å²) in [6.07, 6.45) is 0. The molecule has 0 heterocycles. The van der Waals surface area contributed by atoms with Crippen LogP contribution >= 0.6 is 0 Å². The normalized spacial score (nSPS) is 13.2. The zero-order chi connectivity index (χ0) is 13.2. The van der Waals surface area contributed by atoms with Gasteiger partial charge in [-0.15, -0.1) is 0 Å². The average Bonchev–Trinajstić information content (AvgIpc) is 2.19. The third kappa shape index (κ3) is 3.61. The van der Waals surface area contributed by atoms with E-state index in [1.165, 1.54) is 12.1 Å². The number of nitro groups is 1. The molecule has 1 aromatic carbocycles. The Morgan fingerprint density at radius 1 is 1.35 bits per heavy atom. The van der Waals surface area contributed by atoms with E-state index in [1.54, 1.807) is 6.07 Å². The highest BCUT2D eigenvalue weighted by Crippen LogP contribution is 2.25. The number of non-ortho nitro benzene ring substituents is 1. The fourth-order valence-electron chi connectivity index (χ4n) is 1.09. The zero-order valence-corrected chi connectivity index (χ0v) is 11.1. The Morgan fingerprint density at radius 2 is 1.94 bits per heavy atom. The SMILES string of the molecule is Cc1ccc([N+](=O)[O-])cc1N[S+]([O-])C(C)(C)C. The molecule has 0 aliphatic carbocycles.